The zero-order valence-corrected chi connectivity index (χ0v) is 17.8. The van der Waals surface area contributed by atoms with Crippen molar-refractivity contribution in [1.29, 1.82) is 0 Å². The third-order valence-corrected chi connectivity index (χ3v) is 6.30. The van der Waals surface area contributed by atoms with Crippen LogP contribution in [0.2, 0.25) is 0 Å². The summed E-state index contributed by atoms with van der Waals surface area (Å²) in [6, 6.07) is 21.1. The number of nitrogens with zero attached hydrogens (tertiary/aromatic N) is 2. The fourth-order valence-electron chi connectivity index (χ4n) is 3.43. The topological polar surface area (TPSA) is 102 Å². The molecule has 1 aliphatic heterocycles. The average molecular weight is 449 g/mol. The molecule has 9 heteroatoms. The number of ether oxygens (including phenoxy) is 2. The zero-order valence-electron chi connectivity index (χ0n) is 17.0. The van der Waals surface area contributed by atoms with Gasteiger partial charge in [0.1, 0.15) is 13.2 Å². The molecule has 1 aromatic heterocycles. The van der Waals surface area contributed by atoms with E-state index in [1.165, 1.54) is 12.1 Å². The first-order valence-electron chi connectivity index (χ1n) is 10.1. The number of anilines is 2. The molecule has 2 N–H and O–H groups in total. The molecule has 162 valence electrons. The van der Waals surface area contributed by atoms with Gasteiger partial charge in [0.2, 0.25) is 0 Å². The quantitative estimate of drug-likeness (QED) is 0.462. The van der Waals surface area contributed by atoms with E-state index >= 15 is 0 Å². The Hall–Kier alpha value is -3.85. The normalized spacial score (nSPS) is 13.0. The van der Waals surface area contributed by atoms with Crippen molar-refractivity contribution >= 4 is 32.7 Å². The summed E-state index contributed by atoms with van der Waals surface area (Å²) in [6.07, 6.45) is 0. The maximum Gasteiger partial charge on any atom is 0.263 e. The van der Waals surface area contributed by atoms with Crippen molar-refractivity contribution < 1.29 is 17.9 Å². The van der Waals surface area contributed by atoms with Crippen LogP contribution >= 0.6 is 0 Å². The Morgan fingerprint density at radius 3 is 2.25 bits per heavy atom. The summed E-state index contributed by atoms with van der Waals surface area (Å²) in [6.45, 7) is 1.33. The molecule has 0 unspecified atom stereocenters. The molecule has 0 bridgehead atoms. The number of nitrogens with one attached hydrogen (secondary N) is 2. The minimum atomic E-state index is -3.84. The number of sulfonamides is 1. The lowest BCUT2D eigenvalue weighted by Crippen LogP contribution is -2.18. The molecule has 1 aliphatic rings. The Morgan fingerprint density at radius 2 is 1.47 bits per heavy atom. The van der Waals surface area contributed by atoms with E-state index in [1.54, 1.807) is 24.3 Å². The molecule has 3 aromatic carbocycles. The maximum atomic E-state index is 12.9. The largest absolute Gasteiger partial charge is 0.486 e. The van der Waals surface area contributed by atoms with Gasteiger partial charge in [-0.1, -0.05) is 42.5 Å². The number of aromatic nitrogens is 2. The van der Waals surface area contributed by atoms with Gasteiger partial charge in [-0.3, -0.25) is 4.72 Å². The molecule has 8 nitrogen and oxygen atoms in total. The smallest absolute Gasteiger partial charge is 0.263 e. The number of fused-ring (bicyclic) bond motifs is 2. The van der Waals surface area contributed by atoms with Crippen LogP contribution in [0.3, 0.4) is 0 Å². The lowest BCUT2D eigenvalue weighted by molar-refractivity contribution is 0.170. The van der Waals surface area contributed by atoms with Gasteiger partial charge in [0.15, 0.2) is 23.1 Å². The molecular weight excluding hydrogens is 428 g/mol. The van der Waals surface area contributed by atoms with Crippen molar-refractivity contribution in [2.24, 2.45) is 0 Å². The number of benzene rings is 3. The summed E-state index contributed by atoms with van der Waals surface area (Å²) in [7, 11) is -3.84. The summed E-state index contributed by atoms with van der Waals surface area (Å²) in [4.78, 5) is 9.26. The van der Waals surface area contributed by atoms with E-state index in [0.29, 0.717) is 48.1 Å². The second-order valence-electron chi connectivity index (χ2n) is 7.12. The summed E-state index contributed by atoms with van der Waals surface area (Å²) in [5, 5.41) is 3.21. The van der Waals surface area contributed by atoms with Crippen LogP contribution in [0.15, 0.2) is 77.7 Å². The molecule has 0 aliphatic carbocycles. The van der Waals surface area contributed by atoms with Crippen molar-refractivity contribution in [3.63, 3.8) is 0 Å². The lowest BCUT2D eigenvalue weighted by atomic mass is 10.1. The van der Waals surface area contributed by atoms with Gasteiger partial charge in [-0.2, -0.15) is 0 Å². The number of para-hydroxylation sites is 3. The van der Waals surface area contributed by atoms with Crippen molar-refractivity contribution in [3.8, 4) is 11.5 Å². The summed E-state index contributed by atoms with van der Waals surface area (Å²) in [5.41, 5.74) is 2.10. The van der Waals surface area contributed by atoms with Gasteiger partial charge in [-0.15, -0.1) is 0 Å². The van der Waals surface area contributed by atoms with Crippen molar-refractivity contribution in [2.45, 2.75) is 11.4 Å². The number of hydrogen-bond donors (Lipinski definition) is 2. The highest BCUT2D eigenvalue weighted by Crippen LogP contribution is 2.34. The fraction of sp³-hybridized carbons (Fsp3) is 0.130. The molecule has 0 saturated carbocycles. The Balaban J connectivity index is 1.50. The average Bonchev–Trinajstić information content (AvgIpc) is 2.83. The van der Waals surface area contributed by atoms with E-state index < -0.39 is 10.0 Å². The van der Waals surface area contributed by atoms with Crippen LogP contribution in [0.25, 0.3) is 11.0 Å². The van der Waals surface area contributed by atoms with Gasteiger partial charge >= 0.3 is 0 Å². The molecule has 0 fully saturated rings. The van der Waals surface area contributed by atoms with Crippen LogP contribution in [0.5, 0.6) is 11.5 Å². The van der Waals surface area contributed by atoms with Crippen LogP contribution in [-0.4, -0.2) is 31.6 Å². The first-order chi connectivity index (χ1) is 15.6. The van der Waals surface area contributed by atoms with Gasteiger partial charge in [0.25, 0.3) is 10.0 Å². The molecule has 4 aromatic rings. The Kier molecular flexibility index (Phi) is 5.24. The lowest BCUT2D eigenvalue weighted by Gasteiger charge is -2.21. The Morgan fingerprint density at radius 1 is 0.781 bits per heavy atom. The minimum Gasteiger partial charge on any atom is -0.486 e. The van der Waals surface area contributed by atoms with Gasteiger partial charge in [-0.25, -0.2) is 18.4 Å². The first-order valence-corrected chi connectivity index (χ1v) is 11.5. The number of rotatable bonds is 6. The summed E-state index contributed by atoms with van der Waals surface area (Å²) >= 11 is 0. The van der Waals surface area contributed by atoms with E-state index in [4.69, 9.17) is 9.47 Å². The third-order valence-electron chi connectivity index (χ3n) is 4.95. The molecule has 0 spiro atoms. The second kappa shape index (κ2) is 8.35. The monoisotopic (exact) mass is 448 g/mol. The van der Waals surface area contributed by atoms with Crippen LogP contribution in [0.4, 0.5) is 11.6 Å². The first kappa shape index (κ1) is 20.1. The van der Waals surface area contributed by atoms with E-state index in [9.17, 15) is 8.42 Å². The van der Waals surface area contributed by atoms with E-state index in [0.717, 1.165) is 5.56 Å². The van der Waals surface area contributed by atoms with Crippen LogP contribution < -0.4 is 19.5 Å². The summed E-state index contributed by atoms with van der Waals surface area (Å²) in [5.74, 6) is 1.80. The zero-order chi connectivity index (χ0) is 22.0. The second-order valence-corrected chi connectivity index (χ2v) is 8.81. The molecule has 2 heterocycles. The van der Waals surface area contributed by atoms with Crippen LogP contribution in [0.1, 0.15) is 5.56 Å². The van der Waals surface area contributed by atoms with E-state index in [1.807, 2.05) is 36.4 Å². The van der Waals surface area contributed by atoms with Gasteiger partial charge < -0.3 is 14.8 Å². The maximum absolute atomic E-state index is 12.9. The molecular formula is C23H20N4O4S. The molecule has 0 atom stereocenters. The molecule has 32 heavy (non-hydrogen) atoms. The molecule has 5 rings (SSSR count). The third kappa shape index (κ3) is 4.02. The SMILES string of the molecule is O=S(=O)(Nc1nc2ccccc2nc1NCc1cccc2c1OCCO2)c1ccccc1. The van der Waals surface area contributed by atoms with E-state index in [-0.39, 0.29) is 10.7 Å². The highest BCUT2D eigenvalue weighted by molar-refractivity contribution is 7.92. The highest BCUT2D eigenvalue weighted by atomic mass is 32.2. The van der Waals surface area contributed by atoms with Crippen LogP contribution in [-0.2, 0) is 16.6 Å². The molecule has 0 saturated heterocycles. The predicted octanol–water partition coefficient (Wildman–Crippen LogP) is 3.81. The van der Waals surface area contributed by atoms with Crippen LogP contribution in [0, 0.1) is 0 Å². The highest BCUT2D eigenvalue weighted by Gasteiger charge is 2.20. The summed E-state index contributed by atoms with van der Waals surface area (Å²) < 4.78 is 39.8. The van der Waals surface area contributed by atoms with Gasteiger partial charge in [-0.05, 0) is 30.3 Å². The standard InChI is InChI=1S/C23H20N4O4S/c28-32(29,17-8-2-1-3-9-17)27-23-22(25-18-10-4-5-11-19(18)26-23)24-15-16-7-6-12-20-21(16)31-14-13-30-20/h1-12H,13-15H2,(H,24,25)(H,26,27). The minimum absolute atomic E-state index is 0.120. The Labute approximate surface area is 185 Å². The van der Waals surface area contributed by atoms with Gasteiger partial charge in [0, 0.05) is 12.1 Å². The fourth-order valence-corrected chi connectivity index (χ4v) is 4.46. The molecule has 0 amide bonds. The number of hydrogen-bond acceptors (Lipinski definition) is 7. The van der Waals surface area contributed by atoms with Crippen molar-refractivity contribution in [3.05, 3.63) is 78.4 Å². The predicted molar refractivity (Wildman–Crippen MR) is 122 cm³/mol. The van der Waals surface area contributed by atoms with Crippen molar-refractivity contribution in [2.75, 3.05) is 23.3 Å². The van der Waals surface area contributed by atoms with Crippen molar-refractivity contribution in [1.82, 2.24) is 9.97 Å². The Bertz CT molecular complexity index is 1380. The van der Waals surface area contributed by atoms with E-state index in [2.05, 4.69) is 20.0 Å². The van der Waals surface area contributed by atoms with Gasteiger partial charge in [0.05, 0.1) is 15.9 Å². The molecule has 0 radical (unpaired) electrons.